The monoisotopic (exact) mass is 373 g/mol. The minimum absolute atomic E-state index is 0.162. The summed E-state index contributed by atoms with van der Waals surface area (Å²) in [6.45, 7) is 1.94. The van der Waals surface area contributed by atoms with Gasteiger partial charge in [-0.2, -0.15) is 23.7 Å². The molecule has 0 aromatic heterocycles. The number of anilines is 1. The van der Waals surface area contributed by atoms with E-state index in [9.17, 15) is 13.2 Å². The van der Waals surface area contributed by atoms with Crippen LogP contribution in [0.25, 0.3) is 0 Å². The lowest BCUT2D eigenvalue weighted by Gasteiger charge is -2.14. The van der Waals surface area contributed by atoms with E-state index >= 15 is 0 Å². The zero-order valence-electron chi connectivity index (χ0n) is 13.8. The fourth-order valence-corrected chi connectivity index (χ4v) is 3.17. The molecule has 0 aliphatic carbocycles. The number of hydrogen-bond acceptors (Lipinski definition) is 4. The van der Waals surface area contributed by atoms with Crippen molar-refractivity contribution in [2.75, 3.05) is 5.32 Å². The minimum Gasteiger partial charge on any atom is -0.349 e. The zero-order chi connectivity index (χ0) is 19.2. The molecule has 0 aliphatic rings. The number of nitriles is 2. The number of rotatable bonds is 5. The first-order chi connectivity index (χ1) is 12.3. The second-order valence-electron chi connectivity index (χ2n) is 5.35. The van der Waals surface area contributed by atoms with E-state index in [0.29, 0.717) is 5.75 Å². The third kappa shape index (κ3) is 5.05. The van der Waals surface area contributed by atoms with Crippen LogP contribution >= 0.6 is 11.8 Å². The summed E-state index contributed by atoms with van der Waals surface area (Å²) in [5, 5.41) is 21.3. The molecule has 0 atom stereocenters. The molecular formula is C19H14F3N3S. The lowest BCUT2D eigenvalue weighted by atomic mass is 10.1. The Morgan fingerprint density at radius 1 is 1.08 bits per heavy atom. The van der Waals surface area contributed by atoms with Gasteiger partial charge < -0.3 is 5.32 Å². The van der Waals surface area contributed by atoms with Crippen LogP contribution in [0.1, 0.15) is 16.7 Å². The van der Waals surface area contributed by atoms with Gasteiger partial charge in [-0.05, 0) is 36.2 Å². The maximum absolute atomic E-state index is 12.9. The van der Waals surface area contributed by atoms with Crippen LogP contribution in [0, 0.1) is 29.6 Å². The molecule has 0 amide bonds. The predicted molar refractivity (Wildman–Crippen MR) is 95.8 cm³/mol. The number of nitrogens with zero attached hydrogens (tertiary/aromatic N) is 2. The van der Waals surface area contributed by atoms with Crippen LogP contribution in [0.5, 0.6) is 0 Å². The van der Waals surface area contributed by atoms with Gasteiger partial charge in [-0.15, -0.1) is 11.8 Å². The van der Waals surface area contributed by atoms with Crippen molar-refractivity contribution in [2.24, 2.45) is 0 Å². The molecule has 0 unspecified atom stereocenters. The number of allylic oxidation sites excluding steroid dienone is 1. The van der Waals surface area contributed by atoms with E-state index in [4.69, 9.17) is 10.5 Å². The van der Waals surface area contributed by atoms with Gasteiger partial charge in [-0.3, -0.25) is 0 Å². The van der Waals surface area contributed by atoms with E-state index in [1.54, 1.807) is 12.1 Å². The van der Waals surface area contributed by atoms with Crippen molar-refractivity contribution >= 4 is 17.4 Å². The highest BCUT2D eigenvalue weighted by atomic mass is 32.2. The van der Waals surface area contributed by atoms with Crippen LogP contribution in [0.2, 0.25) is 0 Å². The van der Waals surface area contributed by atoms with Gasteiger partial charge in [0.15, 0.2) is 5.57 Å². The topological polar surface area (TPSA) is 59.6 Å². The number of halogens is 3. The molecule has 0 bridgehead atoms. The lowest BCUT2D eigenvalue weighted by molar-refractivity contribution is -0.137. The highest BCUT2D eigenvalue weighted by Crippen LogP contribution is 2.32. The molecule has 3 nitrogen and oxygen atoms in total. The van der Waals surface area contributed by atoms with Crippen molar-refractivity contribution in [3.05, 3.63) is 75.8 Å². The van der Waals surface area contributed by atoms with E-state index < -0.39 is 11.7 Å². The van der Waals surface area contributed by atoms with Gasteiger partial charge in [0.1, 0.15) is 17.2 Å². The first kappa shape index (κ1) is 19.4. The van der Waals surface area contributed by atoms with Gasteiger partial charge >= 0.3 is 6.18 Å². The second kappa shape index (κ2) is 8.46. The molecule has 26 heavy (non-hydrogen) atoms. The molecule has 1 N–H and O–H groups in total. The lowest BCUT2D eigenvalue weighted by Crippen LogP contribution is -2.06. The van der Waals surface area contributed by atoms with Crippen molar-refractivity contribution in [2.45, 2.75) is 18.9 Å². The molecule has 132 valence electrons. The molecule has 7 heteroatoms. The van der Waals surface area contributed by atoms with Crippen molar-refractivity contribution in [3.8, 4) is 12.1 Å². The summed E-state index contributed by atoms with van der Waals surface area (Å²) in [6, 6.07) is 15.8. The van der Waals surface area contributed by atoms with Crippen molar-refractivity contribution in [3.63, 3.8) is 0 Å². The van der Waals surface area contributed by atoms with E-state index in [2.05, 4.69) is 5.32 Å². The average Bonchev–Trinajstić information content (AvgIpc) is 2.61. The maximum Gasteiger partial charge on any atom is 0.416 e. The standard InChI is InChI=1S/C19H14F3N3S/c1-13-5-2-3-6-14(13)12-26-18(15(10-23)11-24)25-17-8-4-7-16(9-17)19(20,21)22/h2-9,25H,12H2,1H3. The number of aryl methyl sites for hydroxylation is 1. The average molecular weight is 373 g/mol. The summed E-state index contributed by atoms with van der Waals surface area (Å²) in [5.74, 6) is 0.473. The molecule has 0 aliphatic heterocycles. The highest BCUT2D eigenvalue weighted by molar-refractivity contribution is 8.02. The summed E-state index contributed by atoms with van der Waals surface area (Å²) in [4.78, 5) is 0. The number of hydrogen-bond donors (Lipinski definition) is 1. The third-order valence-electron chi connectivity index (χ3n) is 3.53. The van der Waals surface area contributed by atoms with Gasteiger partial charge in [0.05, 0.1) is 5.56 Å². The Balaban J connectivity index is 2.28. The predicted octanol–water partition coefficient (Wildman–Crippen LogP) is 5.62. The number of benzene rings is 2. The molecular weight excluding hydrogens is 359 g/mol. The molecule has 0 saturated carbocycles. The van der Waals surface area contributed by atoms with E-state index in [1.165, 1.54) is 23.9 Å². The fourth-order valence-electron chi connectivity index (χ4n) is 2.12. The second-order valence-corrected chi connectivity index (χ2v) is 6.33. The molecule has 0 saturated heterocycles. The molecule has 0 heterocycles. The van der Waals surface area contributed by atoms with Crippen LogP contribution in [-0.4, -0.2) is 0 Å². The number of nitrogens with one attached hydrogen (secondary N) is 1. The van der Waals surface area contributed by atoms with Crippen molar-refractivity contribution in [1.29, 1.82) is 10.5 Å². The molecule has 0 radical (unpaired) electrons. The summed E-state index contributed by atoms with van der Waals surface area (Å²) in [7, 11) is 0. The van der Waals surface area contributed by atoms with E-state index in [0.717, 1.165) is 23.3 Å². The molecule has 2 aromatic rings. The zero-order valence-corrected chi connectivity index (χ0v) is 14.6. The van der Waals surface area contributed by atoms with Crippen molar-refractivity contribution < 1.29 is 13.2 Å². The van der Waals surface area contributed by atoms with Crippen LogP contribution in [0.15, 0.2) is 59.1 Å². The Hall–Kier alpha value is -2.90. The van der Waals surface area contributed by atoms with Gasteiger partial charge in [-0.25, -0.2) is 0 Å². The first-order valence-electron chi connectivity index (χ1n) is 7.51. The quantitative estimate of drug-likeness (QED) is 0.691. The largest absolute Gasteiger partial charge is 0.416 e. The summed E-state index contributed by atoms with van der Waals surface area (Å²) < 4.78 is 38.6. The Morgan fingerprint density at radius 2 is 1.77 bits per heavy atom. The number of alkyl halides is 3. The van der Waals surface area contributed by atoms with Crippen LogP contribution < -0.4 is 5.32 Å². The highest BCUT2D eigenvalue weighted by Gasteiger charge is 2.30. The van der Waals surface area contributed by atoms with Crippen LogP contribution in [-0.2, 0) is 11.9 Å². The number of thioether (sulfide) groups is 1. The van der Waals surface area contributed by atoms with Gasteiger partial charge in [0.25, 0.3) is 0 Å². The van der Waals surface area contributed by atoms with Gasteiger partial charge in [0, 0.05) is 11.4 Å². The third-order valence-corrected chi connectivity index (χ3v) is 4.58. The van der Waals surface area contributed by atoms with E-state index in [-0.39, 0.29) is 16.3 Å². The van der Waals surface area contributed by atoms with Crippen LogP contribution in [0.4, 0.5) is 18.9 Å². The fraction of sp³-hybridized carbons (Fsp3) is 0.158. The Labute approximate surface area is 153 Å². The Bertz CT molecular complexity index is 889. The molecule has 2 rings (SSSR count). The normalized spacial score (nSPS) is 10.5. The summed E-state index contributed by atoms with van der Waals surface area (Å²) in [6.07, 6.45) is -4.47. The Morgan fingerprint density at radius 3 is 2.38 bits per heavy atom. The summed E-state index contributed by atoms with van der Waals surface area (Å²) in [5.41, 5.74) is 1.24. The molecule has 2 aromatic carbocycles. The van der Waals surface area contributed by atoms with Crippen molar-refractivity contribution in [1.82, 2.24) is 0 Å². The SMILES string of the molecule is Cc1ccccc1CSC(Nc1cccc(C(F)(F)F)c1)=C(C#N)C#N. The van der Waals surface area contributed by atoms with E-state index in [1.807, 2.05) is 31.2 Å². The molecule has 0 spiro atoms. The summed E-state index contributed by atoms with van der Waals surface area (Å²) >= 11 is 1.20. The molecule has 0 fully saturated rings. The van der Waals surface area contributed by atoms with Crippen LogP contribution in [0.3, 0.4) is 0 Å². The van der Waals surface area contributed by atoms with Gasteiger partial charge in [0.2, 0.25) is 0 Å². The minimum atomic E-state index is -4.47. The smallest absolute Gasteiger partial charge is 0.349 e. The first-order valence-corrected chi connectivity index (χ1v) is 8.49. The Kier molecular flexibility index (Phi) is 6.32. The van der Waals surface area contributed by atoms with Gasteiger partial charge in [-0.1, -0.05) is 30.3 Å². The maximum atomic E-state index is 12.9.